The van der Waals surface area contributed by atoms with E-state index >= 15 is 0 Å². The van der Waals surface area contributed by atoms with Crippen LogP contribution in [0.4, 0.5) is 5.69 Å². The van der Waals surface area contributed by atoms with Gasteiger partial charge in [-0.3, -0.25) is 0 Å². The molecule has 0 spiro atoms. The molecule has 0 bridgehead atoms. The third-order valence-electron chi connectivity index (χ3n) is 3.28. The predicted molar refractivity (Wildman–Crippen MR) is 96.0 cm³/mol. The summed E-state index contributed by atoms with van der Waals surface area (Å²) >= 11 is 9.62. The number of anilines is 1. The second-order valence-corrected chi connectivity index (χ2v) is 7.76. The Morgan fingerprint density at radius 3 is 2.33 bits per heavy atom. The molecule has 0 heterocycles. The van der Waals surface area contributed by atoms with Crippen molar-refractivity contribution in [2.24, 2.45) is 5.41 Å². The van der Waals surface area contributed by atoms with Gasteiger partial charge in [-0.15, -0.1) is 0 Å². The third-order valence-corrected chi connectivity index (χ3v) is 4.51. The van der Waals surface area contributed by atoms with Gasteiger partial charge in [0.25, 0.3) is 0 Å². The highest BCUT2D eigenvalue weighted by Crippen LogP contribution is 2.33. The Morgan fingerprint density at radius 2 is 1.76 bits per heavy atom. The van der Waals surface area contributed by atoms with Gasteiger partial charge in [0, 0.05) is 10.2 Å². The summed E-state index contributed by atoms with van der Waals surface area (Å²) in [7, 11) is 0. The molecule has 0 aliphatic carbocycles. The number of benzene rings is 2. The Kier molecular flexibility index (Phi) is 5.34. The molecule has 2 aromatic rings. The minimum Gasteiger partial charge on any atom is -0.378 e. The van der Waals surface area contributed by atoms with Crippen LogP contribution in [0, 0.1) is 5.41 Å². The summed E-state index contributed by atoms with van der Waals surface area (Å²) in [6.07, 6.45) is 1.05. The summed E-state index contributed by atoms with van der Waals surface area (Å²) < 4.78 is 0.918. The van der Waals surface area contributed by atoms with Crippen LogP contribution < -0.4 is 5.32 Å². The molecule has 2 rings (SSSR count). The van der Waals surface area contributed by atoms with Crippen molar-refractivity contribution in [3.63, 3.8) is 0 Å². The van der Waals surface area contributed by atoms with Gasteiger partial charge >= 0.3 is 0 Å². The van der Waals surface area contributed by atoms with Crippen molar-refractivity contribution in [3.05, 3.63) is 63.6 Å². The van der Waals surface area contributed by atoms with E-state index in [4.69, 9.17) is 11.6 Å². The molecule has 1 atom stereocenters. The quantitative estimate of drug-likeness (QED) is 0.635. The first-order valence-electron chi connectivity index (χ1n) is 7.12. The van der Waals surface area contributed by atoms with Gasteiger partial charge in [0.2, 0.25) is 0 Å². The lowest BCUT2D eigenvalue weighted by Crippen LogP contribution is -2.18. The second kappa shape index (κ2) is 6.85. The molecule has 21 heavy (non-hydrogen) atoms. The van der Waals surface area contributed by atoms with Crippen LogP contribution in [0.1, 0.15) is 38.8 Å². The maximum Gasteiger partial charge on any atom is 0.0568 e. The van der Waals surface area contributed by atoms with E-state index in [2.05, 4.69) is 72.3 Å². The summed E-state index contributed by atoms with van der Waals surface area (Å²) in [6, 6.07) is 16.8. The molecule has 0 aliphatic rings. The molecule has 3 heteroatoms. The van der Waals surface area contributed by atoms with E-state index in [-0.39, 0.29) is 11.5 Å². The number of nitrogens with one attached hydrogen (secondary N) is 1. The minimum atomic E-state index is 0.243. The van der Waals surface area contributed by atoms with Crippen LogP contribution >= 0.6 is 27.5 Å². The molecule has 112 valence electrons. The van der Waals surface area contributed by atoms with E-state index in [0.717, 1.165) is 21.6 Å². The second-order valence-electron chi connectivity index (χ2n) is 6.50. The van der Waals surface area contributed by atoms with Crippen LogP contribution in [-0.2, 0) is 0 Å². The fourth-order valence-electron chi connectivity index (χ4n) is 2.34. The third kappa shape index (κ3) is 5.05. The standard InChI is InChI=1S/C18H21BrClN/c1-18(2,3)12-17(13-7-5-4-6-8-13)21-14-9-10-15(19)16(20)11-14/h4-11,17,21H,12H2,1-3H3. The van der Waals surface area contributed by atoms with E-state index in [1.165, 1.54) is 5.56 Å². The van der Waals surface area contributed by atoms with E-state index in [1.54, 1.807) is 0 Å². The average Bonchev–Trinajstić information content (AvgIpc) is 2.42. The lowest BCUT2D eigenvalue weighted by atomic mass is 9.85. The monoisotopic (exact) mass is 365 g/mol. The first-order valence-corrected chi connectivity index (χ1v) is 8.29. The van der Waals surface area contributed by atoms with Crippen molar-refractivity contribution in [2.45, 2.75) is 33.2 Å². The molecule has 1 nitrogen and oxygen atoms in total. The Hall–Kier alpha value is -0.990. The van der Waals surface area contributed by atoms with Crippen molar-refractivity contribution in [1.82, 2.24) is 0 Å². The van der Waals surface area contributed by atoms with E-state index < -0.39 is 0 Å². The Morgan fingerprint density at radius 1 is 1.10 bits per heavy atom. The first-order chi connectivity index (χ1) is 9.85. The van der Waals surface area contributed by atoms with Crippen molar-refractivity contribution in [3.8, 4) is 0 Å². The summed E-state index contributed by atoms with van der Waals surface area (Å²) in [5, 5.41) is 4.34. The zero-order valence-electron chi connectivity index (χ0n) is 12.7. The average molecular weight is 367 g/mol. The first kappa shape index (κ1) is 16.4. The predicted octanol–water partition coefficient (Wildman–Crippen LogP) is 6.69. The lowest BCUT2D eigenvalue weighted by Gasteiger charge is -2.28. The van der Waals surface area contributed by atoms with Crippen molar-refractivity contribution in [1.29, 1.82) is 0 Å². The molecule has 0 amide bonds. The van der Waals surface area contributed by atoms with Gasteiger partial charge in [0.15, 0.2) is 0 Å². The van der Waals surface area contributed by atoms with Gasteiger partial charge in [-0.05, 0) is 51.5 Å². The van der Waals surface area contributed by atoms with Gasteiger partial charge < -0.3 is 5.32 Å². The fraction of sp³-hybridized carbons (Fsp3) is 0.333. The number of rotatable bonds is 4. The molecule has 0 saturated heterocycles. The molecule has 0 fully saturated rings. The van der Waals surface area contributed by atoms with Crippen molar-refractivity contribution >= 4 is 33.2 Å². The van der Waals surface area contributed by atoms with Crippen LogP contribution in [0.2, 0.25) is 5.02 Å². The molecule has 1 N–H and O–H groups in total. The minimum absolute atomic E-state index is 0.243. The Bertz CT molecular complexity index is 590. The highest BCUT2D eigenvalue weighted by molar-refractivity contribution is 9.10. The zero-order valence-corrected chi connectivity index (χ0v) is 15.0. The SMILES string of the molecule is CC(C)(C)CC(Nc1ccc(Br)c(Cl)c1)c1ccccc1. The van der Waals surface area contributed by atoms with Gasteiger partial charge in [-0.25, -0.2) is 0 Å². The van der Waals surface area contributed by atoms with Crippen LogP contribution in [0.3, 0.4) is 0 Å². The smallest absolute Gasteiger partial charge is 0.0568 e. The highest BCUT2D eigenvalue weighted by atomic mass is 79.9. The van der Waals surface area contributed by atoms with E-state index in [9.17, 15) is 0 Å². The molecule has 2 aromatic carbocycles. The van der Waals surface area contributed by atoms with Crippen molar-refractivity contribution in [2.75, 3.05) is 5.32 Å². The Balaban J connectivity index is 2.25. The largest absolute Gasteiger partial charge is 0.378 e. The van der Waals surface area contributed by atoms with E-state index in [1.807, 2.05) is 18.2 Å². The molecule has 0 radical (unpaired) electrons. The summed E-state index contributed by atoms with van der Waals surface area (Å²) in [4.78, 5) is 0. The Labute approximate surface area is 140 Å². The molecule has 0 saturated carbocycles. The van der Waals surface area contributed by atoms with Gasteiger partial charge in [-0.1, -0.05) is 62.7 Å². The zero-order chi connectivity index (χ0) is 15.5. The maximum atomic E-state index is 6.19. The van der Waals surface area contributed by atoms with Crippen LogP contribution in [0.5, 0.6) is 0 Å². The molecule has 0 aliphatic heterocycles. The highest BCUT2D eigenvalue weighted by Gasteiger charge is 2.20. The lowest BCUT2D eigenvalue weighted by molar-refractivity contribution is 0.352. The molecular weight excluding hydrogens is 346 g/mol. The summed E-state index contributed by atoms with van der Waals surface area (Å²) in [5.74, 6) is 0. The van der Waals surface area contributed by atoms with Crippen molar-refractivity contribution < 1.29 is 0 Å². The van der Waals surface area contributed by atoms with E-state index in [0.29, 0.717) is 0 Å². The van der Waals surface area contributed by atoms with Crippen LogP contribution in [0.15, 0.2) is 53.0 Å². The topological polar surface area (TPSA) is 12.0 Å². The molecular formula is C18H21BrClN. The maximum absolute atomic E-state index is 6.19. The molecule has 1 unspecified atom stereocenters. The normalized spacial score (nSPS) is 13.0. The van der Waals surface area contributed by atoms with Gasteiger partial charge in [0.1, 0.15) is 0 Å². The summed E-state index contributed by atoms with van der Waals surface area (Å²) in [6.45, 7) is 6.79. The fourth-order valence-corrected chi connectivity index (χ4v) is 2.76. The number of hydrogen-bond acceptors (Lipinski definition) is 1. The summed E-state index contributed by atoms with van der Waals surface area (Å²) in [5.41, 5.74) is 2.58. The van der Waals surface area contributed by atoms with Gasteiger partial charge in [-0.2, -0.15) is 0 Å². The molecule has 0 aromatic heterocycles. The van der Waals surface area contributed by atoms with Crippen LogP contribution in [-0.4, -0.2) is 0 Å². The number of hydrogen-bond donors (Lipinski definition) is 1. The van der Waals surface area contributed by atoms with Crippen LogP contribution in [0.25, 0.3) is 0 Å². The van der Waals surface area contributed by atoms with Gasteiger partial charge in [0.05, 0.1) is 11.1 Å². The number of halogens is 2.